The van der Waals surface area contributed by atoms with E-state index in [9.17, 15) is 33.9 Å². The van der Waals surface area contributed by atoms with Crippen LogP contribution in [0, 0.1) is 0 Å². The van der Waals surface area contributed by atoms with Gasteiger partial charge in [-0.05, 0) is 79.1 Å². The van der Waals surface area contributed by atoms with E-state index >= 15 is 14.4 Å². The number of carbonyl (C=O) groups excluding carboxylic acids is 9. The highest BCUT2D eigenvalue weighted by atomic mass is 33.1. The van der Waals surface area contributed by atoms with Crippen LogP contribution in [-0.4, -0.2) is 171 Å². The highest BCUT2D eigenvalue weighted by Gasteiger charge is 2.37. The monoisotopic (exact) mass is 1290 g/mol. The Balaban J connectivity index is 1.18. The minimum Gasteiger partial charge on any atom is -0.391 e. The summed E-state index contributed by atoms with van der Waals surface area (Å²) in [6.45, 7) is 0.435. The first-order valence-corrected chi connectivity index (χ1v) is 33.2. The molecule has 23 nitrogen and oxygen atoms in total. The van der Waals surface area contributed by atoms with Gasteiger partial charge in [-0.2, -0.15) is 0 Å². The summed E-state index contributed by atoms with van der Waals surface area (Å²) in [5.74, 6) is -6.52. The Kier molecular flexibility index (Phi) is 25.8. The third-order valence-electron chi connectivity index (χ3n) is 15.8. The quantitative estimate of drug-likeness (QED) is 0.0434. The molecular formula is C67H81N13O10S2. The van der Waals surface area contributed by atoms with Gasteiger partial charge in [-0.15, -0.1) is 0 Å². The van der Waals surface area contributed by atoms with Crippen LogP contribution in [0.15, 0.2) is 152 Å². The molecule has 0 unspecified atom stereocenters. The average molecular weight is 1290 g/mol. The first-order valence-electron chi connectivity index (χ1n) is 30.7. The van der Waals surface area contributed by atoms with Gasteiger partial charge in [0.2, 0.25) is 53.2 Å². The minimum absolute atomic E-state index is 0.00661. The predicted molar refractivity (Wildman–Crippen MR) is 356 cm³/mol. The highest BCUT2D eigenvalue weighted by Crippen LogP contribution is 2.24. The van der Waals surface area contributed by atoms with Gasteiger partial charge in [0.15, 0.2) is 0 Å². The average Bonchev–Trinajstić information content (AvgIpc) is 1.66. The summed E-state index contributed by atoms with van der Waals surface area (Å²) in [6.07, 6.45) is 2.38. The number of nitrogens with zero attached hydrogens (tertiary/aromatic N) is 2. The number of H-pyrrole nitrogens is 2. The first-order chi connectivity index (χ1) is 44.4. The van der Waals surface area contributed by atoms with Crippen molar-refractivity contribution in [3.8, 4) is 0 Å². The summed E-state index contributed by atoms with van der Waals surface area (Å²) in [4.78, 5) is 140. The molecule has 0 saturated carbocycles. The van der Waals surface area contributed by atoms with Crippen molar-refractivity contribution in [2.75, 3.05) is 44.2 Å². The standard InChI is InChI=1S/C67H81N13O10S2/c1-42(81)60-65(88)77-57(35-45-21-9-4-10-22-45)67(90)79(40-58(70)82)29-31-91-92-32-30-80(66(89)50(69)33-43-17-5-2-6-18-43)41-59(83)73-54(34-44-19-7-3-8-20-44)62(85)75-56(37-47-39-72-52-26-14-12-24-49(47)52)64(87)76-55(36-46-38-71-51-25-13-11-23-48(46)51)63(86)74-53(61(84)78-60)27-15-16-28-68/h2-14,17-26,38-39,42,50,53-57,60,71-72,81H,15-16,27-37,40-41,68-69H2,1H3,(H2,70,82)(H,73,83)(H,74,86)(H,75,85)(H,76,87)(H,77,88)(H,78,84)/t42-,50-,53+,54+,55-,56+,57+,60+/m1/s1. The minimum atomic E-state index is -1.70. The van der Waals surface area contributed by atoms with Gasteiger partial charge in [-0.1, -0.05) is 149 Å². The van der Waals surface area contributed by atoms with Crippen LogP contribution < -0.4 is 49.1 Å². The van der Waals surface area contributed by atoms with Crippen molar-refractivity contribution >= 4 is 96.6 Å². The molecule has 92 heavy (non-hydrogen) atoms. The number of unbranched alkanes of at least 4 members (excludes halogenated alkanes) is 1. The SMILES string of the molecule is C[C@@H](O)[C@@H]1NC(=O)[C@H](CCCCN)NC(=O)[C@@H](Cc2c[nH]c3ccccc23)NC(=O)[C@H](Cc2c[nH]c3ccccc23)NC(=O)[C@H](Cc2ccccc2)NC(=O)CN(C(=O)[C@H](N)Cc2ccccc2)CCSSCCN(CC(N)=O)C(=O)[C@H](Cc2ccccc2)NC1=O. The van der Waals surface area contributed by atoms with Crippen molar-refractivity contribution in [3.05, 3.63) is 180 Å². The van der Waals surface area contributed by atoms with Crippen LogP contribution in [0.2, 0.25) is 0 Å². The first kappa shape index (κ1) is 68.9. The third kappa shape index (κ3) is 20.0. The molecule has 15 N–H and O–H groups in total. The second-order valence-electron chi connectivity index (χ2n) is 22.8. The smallest absolute Gasteiger partial charge is 0.245 e. The summed E-state index contributed by atoms with van der Waals surface area (Å²) in [5, 5.41) is 29.6. The van der Waals surface area contributed by atoms with Crippen LogP contribution in [0.25, 0.3) is 21.8 Å². The number of hydrogen-bond acceptors (Lipinski definition) is 14. The Morgan fingerprint density at radius 1 is 0.554 bits per heavy atom. The number of aliphatic hydroxyl groups is 1. The van der Waals surface area contributed by atoms with Gasteiger partial charge in [0.05, 0.1) is 25.2 Å². The molecule has 1 saturated heterocycles. The van der Waals surface area contributed by atoms with Crippen LogP contribution >= 0.6 is 21.6 Å². The van der Waals surface area contributed by atoms with E-state index in [1.54, 1.807) is 73.1 Å². The van der Waals surface area contributed by atoms with Gasteiger partial charge in [-0.3, -0.25) is 43.2 Å². The van der Waals surface area contributed by atoms with Crippen LogP contribution in [0.4, 0.5) is 0 Å². The Hall–Kier alpha value is -9.01. The second kappa shape index (κ2) is 34.4. The molecule has 7 aromatic rings. The lowest BCUT2D eigenvalue weighted by Crippen LogP contribution is -2.62. The van der Waals surface area contributed by atoms with Gasteiger partial charge in [0, 0.05) is 84.5 Å². The Bertz CT molecular complexity index is 3630. The summed E-state index contributed by atoms with van der Waals surface area (Å²) < 4.78 is 0. The number of nitrogens with one attached hydrogen (secondary N) is 8. The maximum Gasteiger partial charge on any atom is 0.245 e. The highest BCUT2D eigenvalue weighted by molar-refractivity contribution is 8.76. The maximum absolute atomic E-state index is 15.4. The number of benzene rings is 5. The Morgan fingerprint density at radius 2 is 1.01 bits per heavy atom. The van der Waals surface area contributed by atoms with Gasteiger partial charge in [-0.25, -0.2) is 0 Å². The summed E-state index contributed by atoms with van der Waals surface area (Å²) in [7, 11) is 2.63. The van der Waals surface area contributed by atoms with Crippen molar-refractivity contribution in [2.45, 2.75) is 107 Å². The number of aromatic amines is 2. The molecule has 1 fully saturated rings. The number of para-hydroxylation sites is 2. The molecule has 3 heterocycles. The Morgan fingerprint density at radius 3 is 1.53 bits per heavy atom. The van der Waals surface area contributed by atoms with Crippen molar-refractivity contribution < 1.29 is 48.3 Å². The molecule has 8 atom stereocenters. The molecular weight excluding hydrogens is 1210 g/mol. The molecule has 8 rings (SSSR count). The summed E-state index contributed by atoms with van der Waals surface area (Å²) in [5.41, 5.74) is 23.1. The number of primary amides is 1. The predicted octanol–water partition coefficient (Wildman–Crippen LogP) is 2.45. The van der Waals surface area contributed by atoms with E-state index in [1.807, 2.05) is 78.9 Å². The molecule has 25 heteroatoms. The number of rotatable bonds is 18. The lowest BCUT2D eigenvalue weighted by Gasteiger charge is -2.30. The van der Waals surface area contributed by atoms with Gasteiger partial charge >= 0.3 is 0 Å². The lowest BCUT2D eigenvalue weighted by molar-refractivity contribution is -0.140. The topological polar surface area (TPSA) is 362 Å². The van der Waals surface area contributed by atoms with E-state index in [1.165, 1.54) is 38.3 Å². The molecule has 5 aromatic carbocycles. The van der Waals surface area contributed by atoms with E-state index in [-0.39, 0.29) is 69.7 Å². The number of aliphatic hydroxyl groups excluding tert-OH is 1. The van der Waals surface area contributed by atoms with E-state index in [4.69, 9.17) is 17.2 Å². The molecule has 0 bridgehead atoms. The lowest BCUT2D eigenvalue weighted by atomic mass is 10.00. The van der Waals surface area contributed by atoms with Crippen molar-refractivity contribution in [1.29, 1.82) is 0 Å². The molecule has 1 aliphatic rings. The van der Waals surface area contributed by atoms with Gasteiger partial charge in [0.1, 0.15) is 36.3 Å². The molecule has 0 aliphatic carbocycles. The normalized spacial score (nSPS) is 20.8. The largest absolute Gasteiger partial charge is 0.391 e. The molecule has 486 valence electrons. The fourth-order valence-electron chi connectivity index (χ4n) is 11.0. The van der Waals surface area contributed by atoms with E-state index in [0.717, 1.165) is 27.4 Å². The zero-order valence-electron chi connectivity index (χ0n) is 51.2. The molecule has 0 spiro atoms. The summed E-state index contributed by atoms with van der Waals surface area (Å²) in [6, 6.07) is 31.9. The zero-order chi connectivity index (χ0) is 65.5. The molecule has 2 aromatic heterocycles. The fraction of sp³-hybridized carbons (Fsp3) is 0.358. The number of carbonyl (C=O) groups is 9. The molecule has 9 amide bonds. The fourth-order valence-corrected chi connectivity index (χ4v) is 13.0. The maximum atomic E-state index is 15.4. The van der Waals surface area contributed by atoms with Crippen LogP contribution in [-0.2, 0) is 75.3 Å². The van der Waals surface area contributed by atoms with E-state index < -0.39 is 115 Å². The number of amides is 9. The number of hydrogen-bond donors (Lipinski definition) is 12. The van der Waals surface area contributed by atoms with Crippen LogP contribution in [0.3, 0.4) is 0 Å². The van der Waals surface area contributed by atoms with E-state index in [0.29, 0.717) is 35.1 Å². The van der Waals surface area contributed by atoms with Crippen molar-refractivity contribution in [1.82, 2.24) is 51.7 Å². The zero-order valence-corrected chi connectivity index (χ0v) is 52.9. The van der Waals surface area contributed by atoms with Crippen LogP contribution in [0.5, 0.6) is 0 Å². The van der Waals surface area contributed by atoms with Crippen LogP contribution in [0.1, 0.15) is 54.0 Å². The second-order valence-corrected chi connectivity index (χ2v) is 25.5. The van der Waals surface area contributed by atoms with E-state index in [2.05, 4.69) is 41.9 Å². The Labute approximate surface area is 541 Å². The van der Waals surface area contributed by atoms with Crippen molar-refractivity contribution in [3.63, 3.8) is 0 Å². The number of aromatic nitrogens is 2. The third-order valence-corrected chi connectivity index (χ3v) is 18.2. The molecule has 0 radical (unpaired) electrons. The summed E-state index contributed by atoms with van der Waals surface area (Å²) >= 11 is 0. The van der Waals surface area contributed by atoms with Gasteiger partial charge in [0.25, 0.3) is 0 Å². The number of nitrogens with two attached hydrogens (primary N) is 3. The van der Waals surface area contributed by atoms with Gasteiger partial charge < -0.3 is 74.0 Å². The molecule has 1 aliphatic heterocycles. The number of fused-ring (bicyclic) bond motifs is 2. The van der Waals surface area contributed by atoms with Crippen molar-refractivity contribution in [2.24, 2.45) is 17.2 Å².